The van der Waals surface area contributed by atoms with Gasteiger partial charge in [0.25, 0.3) is 0 Å². The molecule has 2 amide bonds. The first-order valence-corrected chi connectivity index (χ1v) is 6.52. The number of nitrogens with one attached hydrogen (secondary N) is 2. The maximum absolute atomic E-state index is 11.6. The van der Waals surface area contributed by atoms with Crippen molar-refractivity contribution in [1.82, 2.24) is 5.32 Å². The van der Waals surface area contributed by atoms with Crippen LogP contribution in [0.1, 0.15) is 23.7 Å². The molecule has 6 heteroatoms. The van der Waals surface area contributed by atoms with Gasteiger partial charge < -0.3 is 15.7 Å². The van der Waals surface area contributed by atoms with Crippen LogP contribution in [0.5, 0.6) is 0 Å². The van der Waals surface area contributed by atoms with Crippen molar-refractivity contribution in [1.29, 1.82) is 0 Å². The Hall–Kier alpha value is -1.82. The second kappa shape index (κ2) is 7.58. The number of carbonyl (C=O) groups is 2. The van der Waals surface area contributed by atoms with Gasteiger partial charge in [0, 0.05) is 11.0 Å². The van der Waals surface area contributed by atoms with Crippen molar-refractivity contribution < 1.29 is 14.7 Å². The number of carbonyl (C=O) groups excluding carboxylic acids is 1. The molecule has 1 aromatic carbocycles. The van der Waals surface area contributed by atoms with E-state index < -0.39 is 12.0 Å². The lowest BCUT2D eigenvalue weighted by atomic mass is 10.2. The highest BCUT2D eigenvalue weighted by molar-refractivity contribution is 9.10. The highest BCUT2D eigenvalue weighted by Gasteiger charge is 2.12. The van der Waals surface area contributed by atoms with Gasteiger partial charge in [-0.05, 0) is 31.5 Å². The van der Waals surface area contributed by atoms with Gasteiger partial charge in [0.15, 0.2) is 0 Å². The molecular weight excluding hydrogens is 312 g/mol. The molecule has 0 unspecified atom stereocenters. The predicted molar refractivity (Wildman–Crippen MR) is 77.6 cm³/mol. The molecular formula is C13H15BrN2O3. The number of halogens is 1. The number of carboxylic acids is 1. The Kier molecular flexibility index (Phi) is 6.08. The van der Waals surface area contributed by atoms with Gasteiger partial charge in [0.1, 0.15) is 0 Å². The summed E-state index contributed by atoms with van der Waals surface area (Å²) in [5.74, 6) is -1.09. The number of carboxylic acid groups (broad SMARTS) is 1. The Morgan fingerprint density at radius 1 is 1.42 bits per heavy atom. The Morgan fingerprint density at radius 2 is 2.16 bits per heavy atom. The molecule has 0 saturated carbocycles. The normalized spacial score (nSPS) is 10.4. The second-order valence-corrected chi connectivity index (χ2v) is 4.65. The molecule has 0 aliphatic rings. The molecule has 0 aliphatic heterocycles. The van der Waals surface area contributed by atoms with Crippen molar-refractivity contribution in [3.8, 4) is 0 Å². The number of urea groups is 1. The fourth-order valence-corrected chi connectivity index (χ4v) is 1.77. The van der Waals surface area contributed by atoms with Crippen molar-refractivity contribution in [3.63, 3.8) is 0 Å². The lowest BCUT2D eigenvalue weighted by Crippen LogP contribution is -2.30. The molecule has 19 heavy (non-hydrogen) atoms. The molecule has 0 spiro atoms. The van der Waals surface area contributed by atoms with Crippen LogP contribution in [0.2, 0.25) is 0 Å². The number of anilines is 1. The van der Waals surface area contributed by atoms with Crippen molar-refractivity contribution in [3.05, 3.63) is 40.4 Å². The summed E-state index contributed by atoms with van der Waals surface area (Å²) in [5, 5.41) is 14.2. The van der Waals surface area contributed by atoms with E-state index in [-0.39, 0.29) is 11.3 Å². The number of aromatic carboxylic acids is 1. The fraction of sp³-hybridized carbons (Fsp3) is 0.231. The minimum atomic E-state index is -1.09. The van der Waals surface area contributed by atoms with Gasteiger partial charge in [-0.25, -0.2) is 9.59 Å². The number of hydrogen-bond acceptors (Lipinski definition) is 2. The molecule has 1 rings (SSSR count). The van der Waals surface area contributed by atoms with E-state index in [1.165, 1.54) is 6.07 Å². The summed E-state index contributed by atoms with van der Waals surface area (Å²) >= 11 is 3.19. The number of amides is 2. The van der Waals surface area contributed by atoms with Crippen molar-refractivity contribution in [2.24, 2.45) is 0 Å². The summed E-state index contributed by atoms with van der Waals surface area (Å²) in [6.45, 7) is 2.40. The summed E-state index contributed by atoms with van der Waals surface area (Å²) in [4.78, 5) is 22.6. The fourth-order valence-electron chi connectivity index (χ4n) is 1.40. The first-order chi connectivity index (χ1) is 9.04. The smallest absolute Gasteiger partial charge is 0.337 e. The lowest BCUT2D eigenvalue weighted by Gasteiger charge is -2.09. The lowest BCUT2D eigenvalue weighted by molar-refractivity contribution is 0.0698. The molecule has 0 aliphatic carbocycles. The van der Waals surface area contributed by atoms with E-state index in [2.05, 4.69) is 26.6 Å². The third kappa shape index (κ3) is 5.13. The molecule has 0 radical (unpaired) electrons. The molecule has 0 atom stereocenters. The summed E-state index contributed by atoms with van der Waals surface area (Å²) in [5.41, 5.74) is 0.303. The highest BCUT2D eigenvalue weighted by atomic mass is 79.9. The van der Waals surface area contributed by atoms with Crippen LogP contribution in [0.15, 0.2) is 34.8 Å². The van der Waals surface area contributed by atoms with E-state index in [0.29, 0.717) is 11.0 Å². The number of benzene rings is 1. The molecule has 0 saturated heterocycles. The summed E-state index contributed by atoms with van der Waals surface area (Å²) < 4.78 is 0.643. The Labute approximate surface area is 119 Å². The molecule has 1 aromatic rings. The molecule has 0 aromatic heterocycles. The number of rotatable bonds is 5. The van der Waals surface area contributed by atoms with Gasteiger partial charge in [0.05, 0.1) is 11.3 Å². The third-order valence-corrected chi connectivity index (χ3v) is 2.79. The first-order valence-electron chi connectivity index (χ1n) is 5.73. The van der Waals surface area contributed by atoms with Crippen LogP contribution in [0.3, 0.4) is 0 Å². The zero-order chi connectivity index (χ0) is 14.3. The molecule has 102 valence electrons. The third-order valence-electron chi connectivity index (χ3n) is 2.29. The standard InChI is InChI=1S/C13H15BrN2O3/c1-2-3-4-7-15-13(19)16-11-6-5-9(14)8-10(11)12(17)18/h2-3,5-6,8H,4,7H2,1H3,(H,17,18)(H2,15,16,19)/b3-2+. The molecule has 0 fully saturated rings. The van der Waals surface area contributed by atoms with E-state index in [4.69, 9.17) is 5.11 Å². The zero-order valence-corrected chi connectivity index (χ0v) is 12.0. The SMILES string of the molecule is C/C=C/CCNC(=O)Nc1ccc(Br)cc1C(=O)O. The van der Waals surface area contributed by atoms with E-state index in [0.717, 1.165) is 6.42 Å². The van der Waals surface area contributed by atoms with Gasteiger partial charge in [-0.2, -0.15) is 0 Å². The zero-order valence-electron chi connectivity index (χ0n) is 10.4. The van der Waals surface area contributed by atoms with Gasteiger partial charge in [0.2, 0.25) is 0 Å². The van der Waals surface area contributed by atoms with E-state index in [1.54, 1.807) is 12.1 Å². The van der Waals surface area contributed by atoms with Crippen molar-refractivity contribution >= 4 is 33.6 Å². The summed E-state index contributed by atoms with van der Waals surface area (Å²) in [7, 11) is 0. The molecule has 3 N–H and O–H groups in total. The van der Waals surface area contributed by atoms with Gasteiger partial charge in [-0.3, -0.25) is 0 Å². The Morgan fingerprint density at radius 3 is 2.79 bits per heavy atom. The molecule has 0 heterocycles. The van der Waals surface area contributed by atoms with Gasteiger partial charge in [-0.15, -0.1) is 0 Å². The maximum atomic E-state index is 11.6. The summed E-state index contributed by atoms with van der Waals surface area (Å²) in [6, 6.07) is 4.23. The number of hydrogen-bond donors (Lipinski definition) is 3. The van der Waals surface area contributed by atoms with Crippen LogP contribution in [0, 0.1) is 0 Å². The van der Waals surface area contributed by atoms with Crippen LogP contribution in [0.4, 0.5) is 10.5 Å². The molecule has 0 bridgehead atoms. The average molecular weight is 327 g/mol. The highest BCUT2D eigenvalue weighted by Crippen LogP contribution is 2.21. The quantitative estimate of drug-likeness (QED) is 0.574. The molecule has 5 nitrogen and oxygen atoms in total. The van der Waals surface area contributed by atoms with Crippen LogP contribution < -0.4 is 10.6 Å². The predicted octanol–water partition coefficient (Wildman–Crippen LogP) is 3.24. The van der Waals surface area contributed by atoms with Gasteiger partial charge >= 0.3 is 12.0 Å². The maximum Gasteiger partial charge on any atom is 0.337 e. The monoisotopic (exact) mass is 326 g/mol. The van der Waals surface area contributed by atoms with Gasteiger partial charge in [-0.1, -0.05) is 28.1 Å². The second-order valence-electron chi connectivity index (χ2n) is 3.73. The topological polar surface area (TPSA) is 78.4 Å². The van der Waals surface area contributed by atoms with Crippen LogP contribution in [0.25, 0.3) is 0 Å². The largest absolute Gasteiger partial charge is 0.478 e. The minimum Gasteiger partial charge on any atom is -0.478 e. The first kappa shape index (κ1) is 15.2. The summed E-state index contributed by atoms with van der Waals surface area (Å²) in [6.07, 6.45) is 4.56. The number of allylic oxidation sites excluding steroid dienone is 1. The Balaban J connectivity index is 2.66. The Bertz CT molecular complexity index is 501. The van der Waals surface area contributed by atoms with Crippen LogP contribution in [-0.2, 0) is 0 Å². The average Bonchev–Trinajstić information content (AvgIpc) is 2.36. The van der Waals surface area contributed by atoms with E-state index in [9.17, 15) is 9.59 Å². The van der Waals surface area contributed by atoms with Crippen LogP contribution >= 0.6 is 15.9 Å². The van der Waals surface area contributed by atoms with Crippen molar-refractivity contribution in [2.75, 3.05) is 11.9 Å². The van der Waals surface area contributed by atoms with E-state index in [1.807, 2.05) is 19.1 Å². The minimum absolute atomic E-state index is 0.0398. The van der Waals surface area contributed by atoms with Crippen molar-refractivity contribution in [2.45, 2.75) is 13.3 Å². The van der Waals surface area contributed by atoms with E-state index >= 15 is 0 Å². The van der Waals surface area contributed by atoms with Crippen LogP contribution in [-0.4, -0.2) is 23.7 Å².